The van der Waals surface area contributed by atoms with Crippen molar-refractivity contribution in [1.82, 2.24) is 24.5 Å². The molecule has 19 heavy (non-hydrogen) atoms. The first-order valence-corrected chi connectivity index (χ1v) is 6.45. The lowest BCUT2D eigenvalue weighted by atomic mass is 10.3. The first kappa shape index (κ1) is 11.9. The normalized spacial score (nSPS) is 11.5. The van der Waals surface area contributed by atoms with Gasteiger partial charge in [0.15, 0.2) is 5.82 Å². The van der Waals surface area contributed by atoms with Gasteiger partial charge in [0.1, 0.15) is 5.65 Å². The van der Waals surface area contributed by atoms with Crippen LogP contribution in [0.4, 0.5) is 0 Å². The van der Waals surface area contributed by atoms with Gasteiger partial charge in [-0.3, -0.25) is 0 Å². The fourth-order valence-electron chi connectivity index (χ4n) is 2.08. The first-order chi connectivity index (χ1) is 9.25. The molecule has 0 saturated heterocycles. The van der Waals surface area contributed by atoms with Crippen molar-refractivity contribution >= 4 is 5.65 Å². The SMILES string of the molecule is CC(C)NCc1c(-n2cccn2)nc2ccccn12. The second-order valence-corrected chi connectivity index (χ2v) is 4.80. The second-order valence-electron chi connectivity index (χ2n) is 4.80. The quantitative estimate of drug-likeness (QED) is 0.776. The van der Waals surface area contributed by atoms with E-state index in [0.717, 1.165) is 23.7 Å². The second kappa shape index (κ2) is 4.85. The van der Waals surface area contributed by atoms with E-state index in [1.54, 1.807) is 6.20 Å². The summed E-state index contributed by atoms with van der Waals surface area (Å²) in [6, 6.07) is 8.35. The molecule has 0 aliphatic carbocycles. The van der Waals surface area contributed by atoms with Gasteiger partial charge >= 0.3 is 0 Å². The third-order valence-corrected chi connectivity index (χ3v) is 3.01. The topological polar surface area (TPSA) is 47.2 Å². The van der Waals surface area contributed by atoms with Crippen LogP contribution in [0.25, 0.3) is 11.5 Å². The van der Waals surface area contributed by atoms with Gasteiger partial charge in [-0.05, 0) is 18.2 Å². The Morgan fingerprint density at radius 1 is 1.21 bits per heavy atom. The number of hydrogen-bond donors (Lipinski definition) is 1. The third-order valence-electron chi connectivity index (χ3n) is 3.01. The number of nitrogens with one attached hydrogen (secondary N) is 1. The Labute approximate surface area is 111 Å². The van der Waals surface area contributed by atoms with Crippen LogP contribution < -0.4 is 5.32 Å². The highest BCUT2D eigenvalue weighted by molar-refractivity contribution is 5.48. The summed E-state index contributed by atoms with van der Waals surface area (Å²) in [4.78, 5) is 4.66. The Hall–Kier alpha value is -2.14. The van der Waals surface area contributed by atoms with Crippen molar-refractivity contribution in [2.24, 2.45) is 0 Å². The van der Waals surface area contributed by atoms with Crippen molar-refractivity contribution in [2.45, 2.75) is 26.4 Å². The Kier molecular flexibility index (Phi) is 3.05. The average molecular weight is 255 g/mol. The molecule has 0 aliphatic heterocycles. The van der Waals surface area contributed by atoms with E-state index in [4.69, 9.17) is 0 Å². The zero-order chi connectivity index (χ0) is 13.2. The molecule has 0 aromatic carbocycles. The summed E-state index contributed by atoms with van der Waals surface area (Å²) in [5.41, 5.74) is 2.06. The molecule has 0 aliphatic rings. The summed E-state index contributed by atoms with van der Waals surface area (Å²) in [6.45, 7) is 5.03. The van der Waals surface area contributed by atoms with E-state index in [-0.39, 0.29) is 0 Å². The molecule has 0 amide bonds. The van der Waals surface area contributed by atoms with E-state index in [0.29, 0.717) is 6.04 Å². The van der Waals surface area contributed by atoms with Gasteiger partial charge in [0, 0.05) is 31.2 Å². The summed E-state index contributed by atoms with van der Waals surface area (Å²) < 4.78 is 3.91. The maximum Gasteiger partial charge on any atom is 0.176 e. The van der Waals surface area contributed by atoms with Crippen molar-refractivity contribution in [1.29, 1.82) is 0 Å². The maximum atomic E-state index is 4.66. The van der Waals surface area contributed by atoms with Gasteiger partial charge in [0.05, 0.1) is 5.69 Å². The standard InChI is InChI=1S/C14H17N5/c1-11(2)15-10-12-14(19-9-5-7-16-19)17-13-6-3-4-8-18(12)13/h3-9,11,15H,10H2,1-2H3. The van der Waals surface area contributed by atoms with Crippen molar-refractivity contribution < 1.29 is 0 Å². The van der Waals surface area contributed by atoms with Gasteiger partial charge in [-0.15, -0.1) is 0 Å². The van der Waals surface area contributed by atoms with Crippen LogP contribution in [0.15, 0.2) is 42.9 Å². The largest absolute Gasteiger partial charge is 0.309 e. The molecule has 98 valence electrons. The average Bonchev–Trinajstić information content (AvgIpc) is 3.03. The fourth-order valence-corrected chi connectivity index (χ4v) is 2.08. The van der Waals surface area contributed by atoms with Gasteiger partial charge in [-0.1, -0.05) is 19.9 Å². The van der Waals surface area contributed by atoms with Crippen LogP contribution in [0.3, 0.4) is 0 Å². The summed E-state index contributed by atoms with van der Waals surface area (Å²) >= 11 is 0. The zero-order valence-electron chi connectivity index (χ0n) is 11.1. The molecule has 0 atom stereocenters. The molecule has 5 heteroatoms. The van der Waals surface area contributed by atoms with Gasteiger partial charge in [0.25, 0.3) is 0 Å². The van der Waals surface area contributed by atoms with Crippen LogP contribution in [-0.4, -0.2) is 25.2 Å². The van der Waals surface area contributed by atoms with Crippen molar-refractivity contribution in [3.63, 3.8) is 0 Å². The highest BCUT2D eigenvalue weighted by Crippen LogP contribution is 2.16. The van der Waals surface area contributed by atoms with Crippen LogP contribution in [0.1, 0.15) is 19.5 Å². The Bertz CT molecular complexity index is 666. The summed E-state index contributed by atoms with van der Waals surface area (Å²) in [7, 11) is 0. The van der Waals surface area contributed by atoms with Crippen LogP contribution in [0.5, 0.6) is 0 Å². The Balaban J connectivity index is 2.11. The highest BCUT2D eigenvalue weighted by atomic mass is 15.3. The molecular weight excluding hydrogens is 238 g/mol. The lowest BCUT2D eigenvalue weighted by molar-refractivity contribution is 0.576. The monoisotopic (exact) mass is 255 g/mol. The van der Waals surface area contributed by atoms with E-state index in [2.05, 4.69) is 33.6 Å². The minimum atomic E-state index is 0.430. The number of imidazole rings is 1. The number of fused-ring (bicyclic) bond motifs is 1. The third kappa shape index (κ3) is 2.24. The predicted octanol–water partition coefficient (Wildman–Crippen LogP) is 2.02. The van der Waals surface area contributed by atoms with E-state index in [1.165, 1.54) is 0 Å². The van der Waals surface area contributed by atoms with Crippen LogP contribution >= 0.6 is 0 Å². The van der Waals surface area contributed by atoms with Gasteiger partial charge < -0.3 is 9.72 Å². The molecule has 1 N–H and O–H groups in total. The number of hydrogen-bond acceptors (Lipinski definition) is 3. The number of nitrogens with zero attached hydrogens (tertiary/aromatic N) is 4. The lowest BCUT2D eigenvalue weighted by Gasteiger charge is -2.09. The van der Waals surface area contributed by atoms with Crippen molar-refractivity contribution in [3.8, 4) is 5.82 Å². The van der Waals surface area contributed by atoms with E-state index in [1.807, 2.05) is 41.3 Å². The minimum Gasteiger partial charge on any atom is -0.309 e. The molecule has 0 fully saturated rings. The number of rotatable bonds is 4. The van der Waals surface area contributed by atoms with Crippen LogP contribution in [0, 0.1) is 0 Å². The van der Waals surface area contributed by atoms with Crippen LogP contribution in [0.2, 0.25) is 0 Å². The molecule has 0 unspecified atom stereocenters. The maximum absolute atomic E-state index is 4.66. The molecular formula is C14H17N5. The van der Waals surface area contributed by atoms with Gasteiger partial charge in [-0.2, -0.15) is 5.10 Å². The zero-order valence-corrected chi connectivity index (χ0v) is 11.1. The molecule has 0 bridgehead atoms. The molecule has 5 nitrogen and oxygen atoms in total. The first-order valence-electron chi connectivity index (χ1n) is 6.45. The molecule has 0 radical (unpaired) electrons. The Morgan fingerprint density at radius 2 is 2.11 bits per heavy atom. The fraction of sp³-hybridized carbons (Fsp3) is 0.286. The lowest BCUT2D eigenvalue weighted by Crippen LogP contribution is -2.23. The summed E-state index contributed by atoms with van der Waals surface area (Å²) in [5.74, 6) is 0.879. The van der Waals surface area contributed by atoms with Crippen LogP contribution in [-0.2, 0) is 6.54 Å². The minimum absolute atomic E-state index is 0.430. The van der Waals surface area contributed by atoms with Gasteiger partial charge in [-0.25, -0.2) is 9.67 Å². The summed E-state index contributed by atoms with van der Waals surface area (Å²) in [6.07, 6.45) is 5.72. The van der Waals surface area contributed by atoms with E-state index >= 15 is 0 Å². The molecule has 3 aromatic rings. The molecule has 3 rings (SSSR count). The van der Waals surface area contributed by atoms with Crippen molar-refractivity contribution in [3.05, 3.63) is 48.5 Å². The molecule has 3 heterocycles. The highest BCUT2D eigenvalue weighted by Gasteiger charge is 2.13. The Morgan fingerprint density at radius 3 is 2.84 bits per heavy atom. The number of aromatic nitrogens is 4. The molecule has 0 saturated carbocycles. The van der Waals surface area contributed by atoms with Gasteiger partial charge in [0.2, 0.25) is 0 Å². The van der Waals surface area contributed by atoms with E-state index < -0.39 is 0 Å². The predicted molar refractivity (Wildman–Crippen MR) is 74.3 cm³/mol. The van der Waals surface area contributed by atoms with E-state index in [9.17, 15) is 0 Å². The molecule has 0 spiro atoms. The smallest absolute Gasteiger partial charge is 0.176 e. The van der Waals surface area contributed by atoms with Crippen molar-refractivity contribution in [2.75, 3.05) is 0 Å². The number of pyridine rings is 1. The molecule has 3 aromatic heterocycles. The summed E-state index contributed by atoms with van der Waals surface area (Å²) in [5, 5.41) is 7.72.